The van der Waals surface area contributed by atoms with E-state index < -0.39 is 11.9 Å². The standard InChI is InChI=1S/C22H38O4/c23-21(24)19-17-15-13-11-9-7-5-3-1-2-4-6-8-10-12-14-16-18-20-22(25)26/h13,15,17,19H,1-12,14,16,18,20H2,(H,23,24)(H,25,26)/b15-13+,19-17+. The van der Waals surface area contributed by atoms with E-state index in [1.165, 1.54) is 77.0 Å². The van der Waals surface area contributed by atoms with E-state index in [4.69, 9.17) is 10.2 Å². The van der Waals surface area contributed by atoms with Crippen molar-refractivity contribution in [2.24, 2.45) is 0 Å². The van der Waals surface area contributed by atoms with E-state index >= 15 is 0 Å². The lowest BCUT2D eigenvalue weighted by molar-refractivity contribution is -0.137. The topological polar surface area (TPSA) is 74.6 Å². The highest BCUT2D eigenvalue weighted by atomic mass is 16.4. The number of carbonyl (C=O) groups is 2. The molecule has 0 fully saturated rings. The van der Waals surface area contributed by atoms with Gasteiger partial charge in [0.25, 0.3) is 0 Å². The van der Waals surface area contributed by atoms with Crippen molar-refractivity contribution in [3.05, 3.63) is 24.3 Å². The molecule has 0 rings (SSSR count). The predicted molar refractivity (Wildman–Crippen MR) is 107 cm³/mol. The van der Waals surface area contributed by atoms with Gasteiger partial charge >= 0.3 is 11.9 Å². The van der Waals surface area contributed by atoms with Gasteiger partial charge in [-0.3, -0.25) is 4.79 Å². The smallest absolute Gasteiger partial charge is 0.328 e. The minimum atomic E-state index is -0.900. The Labute approximate surface area is 159 Å². The molecule has 4 nitrogen and oxygen atoms in total. The van der Waals surface area contributed by atoms with Crippen molar-refractivity contribution >= 4 is 11.9 Å². The molecule has 0 aromatic carbocycles. The molecular formula is C22H38O4. The molecule has 2 N–H and O–H groups in total. The highest BCUT2D eigenvalue weighted by Gasteiger charge is 1.97. The molecule has 26 heavy (non-hydrogen) atoms. The molecule has 0 heterocycles. The molecule has 0 spiro atoms. The average molecular weight is 367 g/mol. The molecule has 0 unspecified atom stereocenters. The highest BCUT2D eigenvalue weighted by Crippen LogP contribution is 2.13. The fraction of sp³-hybridized carbons (Fsp3) is 0.727. The van der Waals surface area contributed by atoms with Crippen molar-refractivity contribution in [1.82, 2.24) is 0 Å². The molecule has 150 valence electrons. The molecular weight excluding hydrogens is 328 g/mol. The van der Waals surface area contributed by atoms with Crippen molar-refractivity contribution in [1.29, 1.82) is 0 Å². The van der Waals surface area contributed by atoms with Crippen LogP contribution in [-0.2, 0) is 9.59 Å². The van der Waals surface area contributed by atoms with E-state index in [9.17, 15) is 9.59 Å². The summed E-state index contributed by atoms with van der Waals surface area (Å²) in [4.78, 5) is 20.6. The molecule has 0 bridgehead atoms. The molecule has 0 aliphatic carbocycles. The Morgan fingerprint density at radius 1 is 0.577 bits per heavy atom. The van der Waals surface area contributed by atoms with E-state index in [-0.39, 0.29) is 0 Å². The number of rotatable bonds is 19. The van der Waals surface area contributed by atoms with Crippen LogP contribution >= 0.6 is 0 Å². The third-order valence-corrected chi connectivity index (χ3v) is 4.50. The summed E-state index contributed by atoms with van der Waals surface area (Å²) in [7, 11) is 0. The van der Waals surface area contributed by atoms with Gasteiger partial charge in [0.1, 0.15) is 0 Å². The quantitative estimate of drug-likeness (QED) is 0.155. The van der Waals surface area contributed by atoms with Crippen LogP contribution in [0.5, 0.6) is 0 Å². The molecule has 4 heteroatoms. The fourth-order valence-corrected chi connectivity index (χ4v) is 2.97. The van der Waals surface area contributed by atoms with E-state index in [2.05, 4.69) is 0 Å². The van der Waals surface area contributed by atoms with Gasteiger partial charge in [0.2, 0.25) is 0 Å². The zero-order valence-corrected chi connectivity index (χ0v) is 16.3. The lowest BCUT2D eigenvalue weighted by atomic mass is 10.0. The van der Waals surface area contributed by atoms with Crippen LogP contribution in [0.3, 0.4) is 0 Å². The summed E-state index contributed by atoms with van der Waals surface area (Å²) in [5, 5.41) is 17.0. The van der Waals surface area contributed by atoms with Gasteiger partial charge in [-0.2, -0.15) is 0 Å². The van der Waals surface area contributed by atoms with Crippen LogP contribution in [0.4, 0.5) is 0 Å². The minimum Gasteiger partial charge on any atom is -0.481 e. The molecule has 0 aromatic heterocycles. The molecule has 0 aliphatic rings. The second-order valence-corrected chi connectivity index (χ2v) is 7.01. The SMILES string of the molecule is O=C(O)/C=C/C=C/CCCCCCCCCCCCCCCCC(=O)O. The monoisotopic (exact) mass is 366 g/mol. The molecule has 0 amide bonds. The maximum atomic E-state index is 10.4. The fourth-order valence-electron chi connectivity index (χ4n) is 2.97. The number of hydrogen-bond acceptors (Lipinski definition) is 2. The van der Waals surface area contributed by atoms with Gasteiger partial charge in [-0.15, -0.1) is 0 Å². The first-order valence-corrected chi connectivity index (χ1v) is 10.4. The summed E-state index contributed by atoms with van der Waals surface area (Å²) >= 11 is 0. The van der Waals surface area contributed by atoms with Gasteiger partial charge < -0.3 is 10.2 Å². The van der Waals surface area contributed by atoms with Crippen molar-refractivity contribution < 1.29 is 19.8 Å². The Morgan fingerprint density at radius 3 is 1.42 bits per heavy atom. The molecule has 0 atom stereocenters. The van der Waals surface area contributed by atoms with Crippen molar-refractivity contribution in [2.75, 3.05) is 0 Å². The zero-order chi connectivity index (χ0) is 19.3. The van der Waals surface area contributed by atoms with Crippen LogP contribution in [0.15, 0.2) is 24.3 Å². The van der Waals surface area contributed by atoms with Crippen molar-refractivity contribution in [2.45, 2.75) is 103 Å². The van der Waals surface area contributed by atoms with E-state index in [1.54, 1.807) is 6.08 Å². The predicted octanol–water partition coefficient (Wildman–Crippen LogP) is 6.51. The summed E-state index contributed by atoms with van der Waals surface area (Å²) in [5.41, 5.74) is 0. The maximum absolute atomic E-state index is 10.4. The van der Waals surface area contributed by atoms with Crippen LogP contribution in [-0.4, -0.2) is 22.2 Å². The number of hydrogen-bond donors (Lipinski definition) is 2. The van der Waals surface area contributed by atoms with Gasteiger partial charge in [0, 0.05) is 12.5 Å². The summed E-state index contributed by atoms with van der Waals surface area (Å²) < 4.78 is 0. The summed E-state index contributed by atoms with van der Waals surface area (Å²) in [6, 6.07) is 0. The second-order valence-electron chi connectivity index (χ2n) is 7.01. The Hall–Kier alpha value is -1.58. The molecule has 0 aromatic rings. The molecule has 0 aliphatic heterocycles. The number of aliphatic carboxylic acids is 2. The summed E-state index contributed by atoms with van der Waals surface area (Å²) in [6.45, 7) is 0. The van der Waals surface area contributed by atoms with E-state index in [0.717, 1.165) is 25.3 Å². The van der Waals surface area contributed by atoms with Crippen LogP contribution in [0.25, 0.3) is 0 Å². The van der Waals surface area contributed by atoms with Crippen molar-refractivity contribution in [3.63, 3.8) is 0 Å². The lowest BCUT2D eigenvalue weighted by Crippen LogP contribution is -1.93. The van der Waals surface area contributed by atoms with Crippen molar-refractivity contribution in [3.8, 4) is 0 Å². The largest absolute Gasteiger partial charge is 0.481 e. The summed E-state index contributed by atoms with van der Waals surface area (Å²) in [6.07, 6.45) is 25.3. The number of carboxylic acid groups (broad SMARTS) is 2. The van der Waals surface area contributed by atoms with Crippen LogP contribution in [0, 0.1) is 0 Å². The zero-order valence-electron chi connectivity index (χ0n) is 16.3. The second kappa shape index (κ2) is 19.7. The minimum absolute atomic E-state index is 0.320. The normalized spacial score (nSPS) is 11.5. The van der Waals surface area contributed by atoms with Gasteiger partial charge in [0.15, 0.2) is 0 Å². The van der Waals surface area contributed by atoms with Crippen LogP contribution in [0.2, 0.25) is 0 Å². The molecule has 0 radical (unpaired) electrons. The summed E-state index contributed by atoms with van der Waals surface area (Å²) in [5.74, 6) is -1.57. The number of unbranched alkanes of at least 4 members (excludes halogenated alkanes) is 14. The van der Waals surface area contributed by atoms with Gasteiger partial charge in [0.05, 0.1) is 0 Å². The Morgan fingerprint density at radius 2 is 1.00 bits per heavy atom. The highest BCUT2D eigenvalue weighted by molar-refractivity contribution is 5.80. The Kier molecular flexibility index (Phi) is 18.5. The van der Waals surface area contributed by atoms with Crippen LogP contribution in [0.1, 0.15) is 103 Å². The van der Waals surface area contributed by atoms with Crippen LogP contribution < -0.4 is 0 Å². The maximum Gasteiger partial charge on any atom is 0.328 e. The molecule has 0 saturated carbocycles. The van der Waals surface area contributed by atoms with Gasteiger partial charge in [-0.25, -0.2) is 4.79 Å². The first-order chi connectivity index (χ1) is 12.6. The number of carboxylic acids is 2. The lowest BCUT2D eigenvalue weighted by Gasteiger charge is -2.03. The van der Waals surface area contributed by atoms with E-state index in [1.807, 2.05) is 12.2 Å². The molecule has 0 saturated heterocycles. The third kappa shape index (κ3) is 22.4. The first kappa shape index (κ1) is 24.4. The van der Waals surface area contributed by atoms with E-state index in [0.29, 0.717) is 6.42 Å². The van der Waals surface area contributed by atoms with Gasteiger partial charge in [-0.05, 0) is 19.3 Å². The van der Waals surface area contributed by atoms with Gasteiger partial charge in [-0.1, -0.05) is 95.3 Å². The average Bonchev–Trinajstić information content (AvgIpc) is 2.59. The first-order valence-electron chi connectivity index (χ1n) is 10.4. The Bertz CT molecular complexity index is 399. The third-order valence-electron chi connectivity index (χ3n) is 4.50. The Balaban J connectivity index is 3.11. The number of allylic oxidation sites excluding steroid dienone is 3.